The molecule has 7 heteroatoms. The summed E-state index contributed by atoms with van der Waals surface area (Å²) in [6.07, 6.45) is -1.11. The summed E-state index contributed by atoms with van der Waals surface area (Å²) in [5.74, 6) is -1.55. The van der Waals surface area contributed by atoms with E-state index in [4.69, 9.17) is 5.11 Å². The SMILES string of the molecule is COC(CNC(=O)NC(C)c1cccc(F)c1)C(=O)O. The molecule has 0 saturated carbocycles. The minimum atomic E-state index is -1.16. The minimum absolute atomic E-state index is 0.159. The Morgan fingerprint density at radius 1 is 1.45 bits per heavy atom. The van der Waals surface area contributed by atoms with Crippen molar-refractivity contribution in [1.82, 2.24) is 10.6 Å². The zero-order valence-corrected chi connectivity index (χ0v) is 11.2. The largest absolute Gasteiger partial charge is 0.479 e. The number of aliphatic carboxylic acids is 1. The average Bonchev–Trinajstić information content (AvgIpc) is 2.38. The third-order valence-electron chi connectivity index (χ3n) is 2.70. The molecule has 1 aromatic carbocycles. The van der Waals surface area contributed by atoms with Crippen LogP contribution in [0.4, 0.5) is 9.18 Å². The lowest BCUT2D eigenvalue weighted by Crippen LogP contribution is -2.43. The summed E-state index contributed by atoms with van der Waals surface area (Å²) >= 11 is 0. The summed E-state index contributed by atoms with van der Waals surface area (Å²) in [7, 11) is 1.24. The van der Waals surface area contributed by atoms with Gasteiger partial charge in [-0.2, -0.15) is 0 Å². The van der Waals surface area contributed by atoms with E-state index in [-0.39, 0.29) is 12.4 Å². The lowest BCUT2D eigenvalue weighted by atomic mass is 10.1. The van der Waals surface area contributed by atoms with E-state index < -0.39 is 24.1 Å². The van der Waals surface area contributed by atoms with E-state index in [1.165, 1.54) is 19.2 Å². The highest BCUT2D eigenvalue weighted by Crippen LogP contribution is 2.12. The van der Waals surface area contributed by atoms with Gasteiger partial charge in [0.15, 0.2) is 6.10 Å². The molecule has 0 radical (unpaired) electrons. The van der Waals surface area contributed by atoms with Crippen LogP contribution in [0.2, 0.25) is 0 Å². The summed E-state index contributed by atoms with van der Waals surface area (Å²) in [5, 5.41) is 13.7. The van der Waals surface area contributed by atoms with Crippen LogP contribution in [0.1, 0.15) is 18.5 Å². The Morgan fingerprint density at radius 2 is 2.15 bits per heavy atom. The van der Waals surface area contributed by atoms with E-state index in [1.807, 2.05) is 0 Å². The molecule has 1 aromatic rings. The van der Waals surface area contributed by atoms with Crippen LogP contribution in [0.15, 0.2) is 24.3 Å². The van der Waals surface area contributed by atoms with Crippen molar-refractivity contribution >= 4 is 12.0 Å². The summed E-state index contributed by atoms with van der Waals surface area (Å²) in [4.78, 5) is 22.3. The Kier molecular flexibility index (Phi) is 5.92. The lowest BCUT2D eigenvalue weighted by molar-refractivity contribution is -0.147. The third kappa shape index (κ3) is 4.85. The van der Waals surface area contributed by atoms with Crippen molar-refractivity contribution in [2.24, 2.45) is 0 Å². The molecule has 0 spiro atoms. The van der Waals surface area contributed by atoms with Crippen LogP contribution in [0.3, 0.4) is 0 Å². The number of hydrogen-bond acceptors (Lipinski definition) is 3. The molecule has 0 heterocycles. The van der Waals surface area contributed by atoms with Gasteiger partial charge in [0, 0.05) is 7.11 Å². The Morgan fingerprint density at radius 3 is 2.70 bits per heavy atom. The zero-order valence-electron chi connectivity index (χ0n) is 11.2. The maximum absolute atomic E-state index is 13.0. The summed E-state index contributed by atoms with van der Waals surface area (Å²) < 4.78 is 17.7. The van der Waals surface area contributed by atoms with Gasteiger partial charge in [-0.05, 0) is 24.6 Å². The molecular weight excluding hydrogens is 267 g/mol. The van der Waals surface area contributed by atoms with Gasteiger partial charge in [0.25, 0.3) is 0 Å². The quantitative estimate of drug-likeness (QED) is 0.734. The fraction of sp³-hybridized carbons (Fsp3) is 0.385. The van der Waals surface area contributed by atoms with E-state index in [1.54, 1.807) is 19.1 Å². The number of benzene rings is 1. The molecule has 2 unspecified atom stereocenters. The van der Waals surface area contributed by atoms with E-state index in [0.717, 1.165) is 0 Å². The van der Waals surface area contributed by atoms with E-state index in [9.17, 15) is 14.0 Å². The highest BCUT2D eigenvalue weighted by Gasteiger charge is 2.17. The standard InChI is InChI=1S/C13H17FN2O4/c1-8(9-4-3-5-10(14)6-9)16-13(19)15-7-11(20-2)12(17)18/h3-6,8,11H,7H2,1-2H3,(H,17,18)(H2,15,16,19). The molecule has 0 aliphatic rings. The van der Waals surface area contributed by atoms with Gasteiger partial charge in [-0.1, -0.05) is 12.1 Å². The number of rotatable bonds is 6. The predicted molar refractivity (Wildman–Crippen MR) is 69.8 cm³/mol. The first-order valence-electron chi connectivity index (χ1n) is 5.99. The molecule has 0 bridgehead atoms. The van der Waals surface area contributed by atoms with E-state index in [0.29, 0.717) is 5.56 Å². The molecule has 2 atom stereocenters. The topological polar surface area (TPSA) is 87.7 Å². The van der Waals surface area contributed by atoms with Gasteiger partial charge < -0.3 is 20.5 Å². The molecule has 2 amide bonds. The number of carbonyl (C=O) groups excluding carboxylic acids is 1. The maximum Gasteiger partial charge on any atom is 0.334 e. The van der Waals surface area contributed by atoms with Crippen LogP contribution in [0.5, 0.6) is 0 Å². The maximum atomic E-state index is 13.0. The van der Waals surface area contributed by atoms with Gasteiger partial charge in [0.2, 0.25) is 0 Å². The Balaban J connectivity index is 2.48. The van der Waals surface area contributed by atoms with E-state index >= 15 is 0 Å². The number of carboxylic acid groups (broad SMARTS) is 1. The van der Waals surface area contributed by atoms with Gasteiger partial charge in [0.05, 0.1) is 12.6 Å². The number of urea groups is 1. The van der Waals surface area contributed by atoms with Gasteiger partial charge in [-0.15, -0.1) is 0 Å². The van der Waals surface area contributed by atoms with Crippen molar-refractivity contribution in [2.45, 2.75) is 19.1 Å². The minimum Gasteiger partial charge on any atom is -0.479 e. The number of carbonyl (C=O) groups is 2. The second-order valence-electron chi connectivity index (χ2n) is 4.19. The Hall–Kier alpha value is -2.15. The fourth-order valence-corrected chi connectivity index (χ4v) is 1.56. The van der Waals surface area contributed by atoms with Crippen molar-refractivity contribution < 1.29 is 23.8 Å². The van der Waals surface area contributed by atoms with E-state index in [2.05, 4.69) is 15.4 Å². The lowest BCUT2D eigenvalue weighted by Gasteiger charge is -2.16. The van der Waals surface area contributed by atoms with Gasteiger partial charge in [-0.3, -0.25) is 0 Å². The van der Waals surface area contributed by atoms with Crippen LogP contribution in [0, 0.1) is 5.82 Å². The number of hydrogen-bond donors (Lipinski definition) is 3. The van der Waals surface area contributed by atoms with Crippen molar-refractivity contribution in [3.05, 3.63) is 35.6 Å². The van der Waals surface area contributed by atoms with Gasteiger partial charge in [-0.25, -0.2) is 14.0 Å². The number of amides is 2. The van der Waals surface area contributed by atoms with Crippen molar-refractivity contribution in [2.75, 3.05) is 13.7 Å². The van der Waals surface area contributed by atoms with Gasteiger partial charge in [0.1, 0.15) is 5.82 Å². The van der Waals surface area contributed by atoms with Crippen molar-refractivity contribution in [3.8, 4) is 0 Å². The second-order valence-corrected chi connectivity index (χ2v) is 4.19. The van der Waals surface area contributed by atoms with Crippen LogP contribution in [-0.4, -0.2) is 36.9 Å². The summed E-state index contributed by atoms with van der Waals surface area (Å²) in [6.45, 7) is 1.53. The molecule has 20 heavy (non-hydrogen) atoms. The number of halogens is 1. The molecule has 6 nitrogen and oxygen atoms in total. The molecular formula is C13H17FN2O4. The number of ether oxygens (including phenoxy) is 1. The van der Waals surface area contributed by atoms with Crippen LogP contribution in [-0.2, 0) is 9.53 Å². The third-order valence-corrected chi connectivity index (χ3v) is 2.70. The predicted octanol–water partition coefficient (Wildman–Crippen LogP) is 1.29. The molecule has 0 aromatic heterocycles. The Bertz CT molecular complexity index is 481. The van der Waals surface area contributed by atoms with Gasteiger partial charge >= 0.3 is 12.0 Å². The highest BCUT2D eigenvalue weighted by molar-refractivity contribution is 5.77. The molecule has 1 rings (SSSR count). The number of methoxy groups -OCH3 is 1. The number of carboxylic acids is 1. The molecule has 110 valence electrons. The fourth-order valence-electron chi connectivity index (χ4n) is 1.56. The second kappa shape index (κ2) is 7.44. The smallest absolute Gasteiger partial charge is 0.334 e. The molecule has 0 fully saturated rings. The average molecular weight is 284 g/mol. The van der Waals surface area contributed by atoms with Crippen LogP contribution in [0.25, 0.3) is 0 Å². The Labute approximate surface area is 115 Å². The number of nitrogens with one attached hydrogen (secondary N) is 2. The van der Waals surface area contributed by atoms with Crippen molar-refractivity contribution in [3.63, 3.8) is 0 Å². The first kappa shape index (κ1) is 15.9. The highest BCUT2D eigenvalue weighted by atomic mass is 19.1. The normalized spacial score (nSPS) is 13.3. The molecule has 3 N–H and O–H groups in total. The first-order chi connectivity index (χ1) is 9.43. The summed E-state index contributed by atoms with van der Waals surface area (Å²) in [5.41, 5.74) is 0.613. The summed E-state index contributed by atoms with van der Waals surface area (Å²) in [6, 6.07) is 4.91. The van der Waals surface area contributed by atoms with Crippen molar-refractivity contribution in [1.29, 1.82) is 0 Å². The molecule has 0 aliphatic heterocycles. The molecule has 0 aliphatic carbocycles. The first-order valence-corrected chi connectivity index (χ1v) is 5.99. The van der Waals surface area contributed by atoms with Crippen LogP contribution < -0.4 is 10.6 Å². The molecule has 0 saturated heterocycles. The zero-order chi connectivity index (χ0) is 15.1. The monoisotopic (exact) mass is 284 g/mol. The van der Waals surface area contributed by atoms with Crippen LogP contribution >= 0.6 is 0 Å².